The number of fused-ring (bicyclic) bond motifs is 4. The zero-order valence-electron chi connectivity index (χ0n) is 16.7. The maximum absolute atomic E-state index is 9.63. The highest BCUT2D eigenvalue weighted by Gasteiger charge is 2.23. The fourth-order valence-electron chi connectivity index (χ4n) is 3.94. The zero-order valence-corrected chi connectivity index (χ0v) is 16.7. The van der Waals surface area contributed by atoms with Crippen molar-refractivity contribution in [3.05, 3.63) is 60.8 Å². The van der Waals surface area contributed by atoms with Crippen LogP contribution in [-0.2, 0) is 0 Å². The van der Waals surface area contributed by atoms with Crippen molar-refractivity contribution < 1.29 is 9.84 Å². The average molecular weight is 410 g/mol. The molecule has 0 spiro atoms. The number of phenols is 1. The fraction of sp³-hybridized carbons (Fsp3) is 0.130. The van der Waals surface area contributed by atoms with Crippen LogP contribution < -0.4 is 9.64 Å². The van der Waals surface area contributed by atoms with Gasteiger partial charge >= 0.3 is 0 Å². The van der Waals surface area contributed by atoms with E-state index in [0.29, 0.717) is 29.5 Å². The first-order valence-electron chi connectivity index (χ1n) is 9.97. The molecule has 0 unspecified atom stereocenters. The largest absolute Gasteiger partial charge is 0.508 e. The van der Waals surface area contributed by atoms with E-state index in [2.05, 4.69) is 20.2 Å². The van der Waals surface area contributed by atoms with E-state index in [9.17, 15) is 5.11 Å². The van der Waals surface area contributed by atoms with E-state index in [0.717, 1.165) is 34.3 Å². The van der Waals surface area contributed by atoms with Crippen LogP contribution in [-0.4, -0.2) is 50.1 Å². The molecule has 4 heterocycles. The van der Waals surface area contributed by atoms with Crippen LogP contribution in [0.3, 0.4) is 0 Å². The molecule has 152 valence electrons. The average Bonchev–Trinajstić information content (AvgIpc) is 3.24. The second-order valence-corrected chi connectivity index (χ2v) is 7.51. The maximum Gasteiger partial charge on any atom is 0.222 e. The number of pyridine rings is 1. The van der Waals surface area contributed by atoms with Crippen molar-refractivity contribution in [2.45, 2.75) is 0 Å². The lowest BCUT2D eigenvalue weighted by Crippen LogP contribution is -2.29. The summed E-state index contributed by atoms with van der Waals surface area (Å²) in [7, 11) is 2.01. The molecule has 1 N–H and O–H groups in total. The van der Waals surface area contributed by atoms with Crippen molar-refractivity contribution in [3.63, 3.8) is 0 Å². The summed E-state index contributed by atoms with van der Waals surface area (Å²) in [5.41, 5.74) is 4.94. The topological polar surface area (TPSA) is 88.7 Å². The van der Waals surface area contributed by atoms with Gasteiger partial charge in [-0.25, -0.2) is 4.98 Å². The van der Waals surface area contributed by atoms with Gasteiger partial charge in [0, 0.05) is 18.0 Å². The summed E-state index contributed by atoms with van der Waals surface area (Å²) in [4.78, 5) is 7.01. The number of benzene rings is 2. The molecule has 8 heteroatoms. The van der Waals surface area contributed by atoms with Crippen molar-refractivity contribution in [2.75, 3.05) is 25.1 Å². The Morgan fingerprint density at radius 1 is 1.00 bits per heavy atom. The van der Waals surface area contributed by atoms with Crippen LogP contribution in [0.4, 0.5) is 5.69 Å². The first-order chi connectivity index (χ1) is 15.2. The highest BCUT2D eigenvalue weighted by atomic mass is 16.5. The van der Waals surface area contributed by atoms with Gasteiger partial charge in [-0.15, -0.1) is 10.2 Å². The van der Waals surface area contributed by atoms with Crippen molar-refractivity contribution in [1.82, 2.24) is 24.8 Å². The van der Waals surface area contributed by atoms with Crippen LogP contribution in [0.5, 0.6) is 11.5 Å². The van der Waals surface area contributed by atoms with Crippen LogP contribution in [0, 0.1) is 0 Å². The second kappa shape index (κ2) is 6.66. The van der Waals surface area contributed by atoms with Gasteiger partial charge in [-0.1, -0.05) is 36.4 Å². The van der Waals surface area contributed by atoms with Gasteiger partial charge in [0.1, 0.15) is 23.7 Å². The smallest absolute Gasteiger partial charge is 0.222 e. The normalized spacial score (nSPS) is 13.4. The number of ether oxygens (including phenoxy) is 1. The monoisotopic (exact) mass is 410 g/mol. The summed E-state index contributed by atoms with van der Waals surface area (Å²) in [6, 6.07) is 17.1. The summed E-state index contributed by atoms with van der Waals surface area (Å²) in [6.45, 7) is 1.40. The van der Waals surface area contributed by atoms with Gasteiger partial charge in [0.25, 0.3) is 0 Å². The summed E-state index contributed by atoms with van der Waals surface area (Å²) in [6.07, 6.45) is 1.78. The van der Waals surface area contributed by atoms with E-state index in [1.54, 1.807) is 22.8 Å². The number of aromatic nitrogens is 5. The molecule has 0 bridgehead atoms. The molecule has 0 saturated carbocycles. The van der Waals surface area contributed by atoms with E-state index >= 15 is 0 Å². The standard InChI is InChI=1S/C23H18N6O2/c1-28-11-12-31-21-19(28)13-24-29-22(26-27-23(21)29)18-10-7-15-3-2-4-17(20(15)25-18)14-5-8-16(30)9-6-14/h2-10,13,30H,11-12H2,1H3. The molecule has 2 aromatic carbocycles. The third-order valence-corrected chi connectivity index (χ3v) is 5.58. The molecule has 0 fully saturated rings. The first-order valence-corrected chi connectivity index (χ1v) is 9.97. The third-order valence-electron chi connectivity index (χ3n) is 5.58. The minimum Gasteiger partial charge on any atom is -0.508 e. The molecular formula is C23H18N6O2. The Morgan fingerprint density at radius 3 is 2.74 bits per heavy atom. The lowest BCUT2D eigenvalue weighted by atomic mass is 10.0. The Balaban J connectivity index is 1.53. The predicted octanol–water partition coefficient (Wildman–Crippen LogP) is 3.54. The molecule has 1 aliphatic heterocycles. The molecular weight excluding hydrogens is 392 g/mol. The van der Waals surface area contributed by atoms with Gasteiger partial charge in [-0.2, -0.15) is 9.61 Å². The number of nitrogens with zero attached hydrogens (tertiary/aromatic N) is 6. The SMILES string of the molecule is CN1CCOc2c1cnn1c(-c3ccc4cccc(-c5ccc(O)cc5)c4n3)nnc21. The number of likely N-dealkylation sites (N-methyl/N-ethyl adjacent to an activating group) is 1. The highest BCUT2D eigenvalue weighted by molar-refractivity contribution is 5.94. The number of rotatable bonds is 2. The molecule has 0 atom stereocenters. The van der Waals surface area contributed by atoms with Crippen LogP contribution in [0.2, 0.25) is 0 Å². The molecule has 0 radical (unpaired) electrons. The van der Waals surface area contributed by atoms with Crippen molar-refractivity contribution in [2.24, 2.45) is 0 Å². The summed E-state index contributed by atoms with van der Waals surface area (Å²) in [5, 5.41) is 23.9. The van der Waals surface area contributed by atoms with Gasteiger partial charge in [-0.3, -0.25) is 0 Å². The lowest BCUT2D eigenvalue weighted by Gasteiger charge is -2.26. The van der Waals surface area contributed by atoms with Crippen LogP contribution in [0.25, 0.3) is 39.2 Å². The first kappa shape index (κ1) is 17.6. The van der Waals surface area contributed by atoms with Crippen LogP contribution in [0.1, 0.15) is 0 Å². The minimum atomic E-state index is 0.231. The number of hydrogen-bond donors (Lipinski definition) is 1. The molecule has 3 aromatic heterocycles. The van der Waals surface area contributed by atoms with E-state index in [1.165, 1.54) is 0 Å². The van der Waals surface area contributed by atoms with Gasteiger partial charge < -0.3 is 14.7 Å². The van der Waals surface area contributed by atoms with E-state index in [-0.39, 0.29) is 5.75 Å². The Labute approximate surface area is 177 Å². The fourth-order valence-corrected chi connectivity index (χ4v) is 3.94. The molecule has 0 aliphatic carbocycles. The maximum atomic E-state index is 9.63. The Kier molecular flexibility index (Phi) is 3.79. The third kappa shape index (κ3) is 2.76. The van der Waals surface area contributed by atoms with Gasteiger partial charge in [0.05, 0.1) is 18.3 Å². The molecule has 31 heavy (non-hydrogen) atoms. The molecule has 0 saturated heterocycles. The van der Waals surface area contributed by atoms with Gasteiger partial charge in [-0.05, 0) is 23.8 Å². The summed E-state index contributed by atoms with van der Waals surface area (Å²) in [5.74, 6) is 1.47. The van der Waals surface area contributed by atoms with Crippen LogP contribution in [0.15, 0.2) is 60.8 Å². The molecule has 6 rings (SSSR count). The van der Waals surface area contributed by atoms with E-state index in [4.69, 9.17) is 9.72 Å². The number of aromatic hydroxyl groups is 1. The van der Waals surface area contributed by atoms with E-state index < -0.39 is 0 Å². The van der Waals surface area contributed by atoms with Gasteiger partial charge in [0.2, 0.25) is 11.5 Å². The van der Waals surface area contributed by atoms with Crippen molar-refractivity contribution in [1.29, 1.82) is 0 Å². The Bertz CT molecular complexity index is 1440. The number of anilines is 1. The predicted molar refractivity (Wildman–Crippen MR) is 117 cm³/mol. The minimum absolute atomic E-state index is 0.231. The van der Waals surface area contributed by atoms with Crippen molar-refractivity contribution in [3.8, 4) is 34.1 Å². The summed E-state index contributed by atoms with van der Waals surface area (Å²) < 4.78 is 7.54. The lowest BCUT2D eigenvalue weighted by molar-refractivity contribution is 0.312. The number of para-hydroxylation sites is 1. The molecule has 5 aromatic rings. The van der Waals surface area contributed by atoms with Gasteiger partial charge in [0.15, 0.2) is 5.75 Å². The zero-order chi connectivity index (χ0) is 20.9. The number of phenolic OH excluding ortho intramolecular Hbond substituents is 1. The number of hydrogen-bond acceptors (Lipinski definition) is 7. The molecule has 8 nitrogen and oxygen atoms in total. The second-order valence-electron chi connectivity index (χ2n) is 7.51. The van der Waals surface area contributed by atoms with E-state index in [1.807, 2.05) is 49.5 Å². The molecule has 1 aliphatic rings. The summed E-state index contributed by atoms with van der Waals surface area (Å²) >= 11 is 0. The van der Waals surface area contributed by atoms with Crippen molar-refractivity contribution >= 4 is 22.2 Å². The van der Waals surface area contributed by atoms with Crippen LogP contribution >= 0.6 is 0 Å². The Hall–Kier alpha value is -4.20. The highest BCUT2D eigenvalue weighted by Crippen LogP contribution is 2.35. The Morgan fingerprint density at radius 2 is 1.87 bits per heavy atom. The quantitative estimate of drug-likeness (QED) is 0.476. The molecule has 0 amide bonds.